The summed E-state index contributed by atoms with van der Waals surface area (Å²) in [5.41, 5.74) is 1.80. The first kappa shape index (κ1) is 20.0. The monoisotopic (exact) mass is 441 g/mol. The Kier molecular flexibility index (Phi) is 5.49. The van der Waals surface area contributed by atoms with Crippen molar-refractivity contribution in [2.24, 2.45) is 10.2 Å². The molecule has 2 aromatic heterocycles. The molecule has 10 heteroatoms. The maximum absolute atomic E-state index is 12.7. The zero-order chi connectivity index (χ0) is 21.1. The fraction of sp³-hybridized carbons (Fsp3) is 0.0500. The van der Waals surface area contributed by atoms with Crippen LogP contribution in [-0.2, 0) is 16.6 Å². The number of benzene rings is 2. The zero-order valence-corrected chi connectivity index (χ0v) is 17.0. The van der Waals surface area contributed by atoms with E-state index >= 15 is 0 Å². The number of nitrogens with one attached hydrogen (secondary N) is 2. The third kappa shape index (κ3) is 4.18. The van der Waals surface area contributed by atoms with Crippen LogP contribution in [0.3, 0.4) is 0 Å². The number of azo groups is 1. The number of nitrogens with zero attached hydrogens (tertiary/aromatic N) is 3. The van der Waals surface area contributed by atoms with Gasteiger partial charge in [-0.2, -0.15) is 0 Å². The molecule has 30 heavy (non-hydrogen) atoms. The van der Waals surface area contributed by atoms with Crippen LogP contribution < -0.4 is 4.72 Å². The van der Waals surface area contributed by atoms with Gasteiger partial charge in [-0.15, -0.1) is 10.2 Å². The van der Waals surface area contributed by atoms with Crippen LogP contribution in [0.25, 0.3) is 10.9 Å². The Morgan fingerprint density at radius 3 is 2.70 bits per heavy atom. The molecule has 8 nitrogen and oxygen atoms in total. The molecular formula is C20H16ClN5O3S. The van der Waals surface area contributed by atoms with Crippen molar-refractivity contribution in [3.8, 4) is 5.88 Å². The minimum Gasteiger partial charge on any atom is -0.493 e. The summed E-state index contributed by atoms with van der Waals surface area (Å²) in [7, 11) is -3.80. The van der Waals surface area contributed by atoms with Crippen LogP contribution in [0.15, 0.2) is 82.1 Å². The van der Waals surface area contributed by atoms with E-state index in [2.05, 4.69) is 24.9 Å². The Hall–Kier alpha value is -3.27. The molecule has 2 heterocycles. The molecule has 0 aliphatic heterocycles. The van der Waals surface area contributed by atoms with Crippen LogP contribution in [0.2, 0.25) is 5.02 Å². The van der Waals surface area contributed by atoms with Crippen molar-refractivity contribution < 1.29 is 13.5 Å². The average molecular weight is 442 g/mol. The number of aromatic nitrogens is 2. The first-order valence-corrected chi connectivity index (χ1v) is 10.7. The number of sulfonamides is 1. The third-order valence-electron chi connectivity index (χ3n) is 4.33. The van der Waals surface area contributed by atoms with Crippen LogP contribution >= 0.6 is 11.6 Å². The molecule has 4 aromatic rings. The number of aromatic amines is 1. The lowest BCUT2D eigenvalue weighted by molar-refractivity contribution is 0.459. The van der Waals surface area contributed by atoms with Crippen LogP contribution in [0.5, 0.6) is 5.88 Å². The van der Waals surface area contributed by atoms with Gasteiger partial charge < -0.3 is 10.1 Å². The lowest BCUT2D eigenvalue weighted by Crippen LogP contribution is -2.23. The SMILES string of the molecule is O=S(=O)(NCc1cccnc1)c1ccc2[nH]c(O)c(N=Nc3ccccc3Cl)c2c1. The number of pyridine rings is 1. The second-order valence-electron chi connectivity index (χ2n) is 6.37. The largest absolute Gasteiger partial charge is 0.493 e. The molecule has 0 aliphatic rings. The lowest BCUT2D eigenvalue weighted by atomic mass is 10.2. The van der Waals surface area contributed by atoms with Crippen molar-refractivity contribution in [3.63, 3.8) is 0 Å². The van der Waals surface area contributed by atoms with Gasteiger partial charge in [0.1, 0.15) is 5.69 Å². The quantitative estimate of drug-likeness (QED) is 0.371. The maximum atomic E-state index is 12.7. The summed E-state index contributed by atoms with van der Waals surface area (Å²) in [5, 5.41) is 19.2. The number of aromatic hydroxyl groups is 1. The highest BCUT2D eigenvalue weighted by Crippen LogP contribution is 2.38. The molecule has 0 fully saturated rings. The summed E-state index contributed by atoms with van der Waals surface area (Å²) in [4.78, 5) is 6.76. The molecule has 0 atom stereocenters. The summed E-state index contributed by atoms with van der Waals surface area (Å²) in [6, 6.07) is 14.8. The number of rotatable bonds is 6. The van der Waals surface area contributed by atoms with Crippen LogP contribution in [-0.4, -0.2) is 23.5 Å². The van der Waals surface area contributed by atoms with Gasteiger partial charge in [0.15, 0.2) is 5.69 Å². The molecule has 0 spiro atoms. The molecule has 0 saturated carbocycles. The minimum absolute atomic E-state index is 0.0343. The standard InChI is InChI=1S/C20H16ClN5O3S/c21-16-5-1-2-6-18(16)25-26-19-15-10-14(7-8-17(15)24-20(19)27)30(28,29)23-12-13-4-3-9-22-11-13/h1-11,23-24,27H,12H2. The van der Waals surface area contributed by atoms with Crippen molar-refractivity contribution in [2.75, 3.05) is 0 Å². The molecule has 0 bridgehead atoms. The highest BCUT2D eigenvalue weighted by atomic mass is 35.5. The first-order valence-electron chi connectivity index (χ1n) is 8.83. The highest BCUT2D eigenvalue weighted by molar-refractivity contribution is 7.89. The molecule has 152 valence electrons. The third-order valence-corrected chi connectivity index (χ3v) is 6.05. The van der Waals surface area contributed by atoms with Crippen molar-refractivity contribution in [1.29, 1.82) is 0 Å². The Morgan fingerprint density at radius 1 is 1.10 bits per heavy atom. The summed E-state index contributed by atoms with van der Waals surface area (Å²) < 4.78 is 28.0. The van der Waals surface area contributed by atoms with E-state index in [-0.39, 0.29) is 23.0 Å². The van der Waals surface area contributed by atoms with Crippen LogP contribution in [0, 0.1) is 0 Å². The normalized spacial score (nSPS) is 12.0. The molecule has 0 radical (unpaired) electrons. The topological polar surface area (TPSA) is 120 Å². The number of hydrogen-bond acceptors (Lipinski definition) is 6. The fourth-order valence-electron chi connectivity index (χ4n) is 2.81. The summed E-state index contributed by atoms with van der Waals surface area (Å²) in [5.74, 6) is -0.223. The smallest absolute Gasteiger partial charge is 0.240 e. The zero-order valence-electron chi connectivity index (χ0n) is 15.4. The van der Waals surface area contributed by atoms with E-state index < -0.39 is 10.0 Å². The van der Waals surface area contributed by atoms with Gasteiger partial charge in [0, 0.05) is 24.3 Å². The second-order valence-corrected chi connectivity index (χ2v) is 8.54. The summed E-state index contributed by atoms with van der Waals surface area (Å²) in [6.07, 6.45) is 3.20. The number of H-pyrrole nitrogens is 1. The Balaban J connectivity index is 1.66. The Morgan fingerprint density at radius 2 is 1.93 bits per heavy atom. The molecule has 0 saturated heterocycles. The van der Waals surface area contributed by atoms with Crippen molar-refractivity contribution in [1.82, 2.24) is 14.7 Å². The van der Waals surface area contributed by atoms with Gasteiger partial charge >= 0.3 is 0 Å². The maximum Gasteiger partial charge on any atom is 0.240 e. The van der Waals surface area contributed by atoms with Crippen LogP contribution in [0.4, 0.5) is 11.4 Å². The Labute approximate surface area is 177 Å². The van der Waals surface area contributed by atoms with Gasteiger partial charge in [-0.3, -0.25) is 4.98 Å². The van der Waals surface area contributed by atoms with E-state index in [0.29, 0.717) is 21.6 Å². The second kappa shape index (κ2) is 8.23. The van der Waals surface area contributed by atoms with Crippen molar-refractivity contribution in [2.45, 2.75) is 11.4 Å². The lowest BCUT2D eigenvalue weighted by Gasteiger charge is -2.07. The number of hydrogen-bond donors (Lipinski definition) is 3. The summed E-state index contributed by atoms with van der Waals surface area (Å²) in [6.45, 7) is 0.103. The molecule has 4 rings (SSSR count). The minimum atomic E-state index is -3.80. The van der Waals surface area contributed by atoms with Gasteiger partial charge in [0.05, 0.1) is 15.4 Å². The Bertz CT molecular complexity index is 1340. The predicted molar refractivity (Wildman–Crippen MR) is 114 cm³/mol. The average Bonchev–Trinajstić information content (AvgIpc) is 3.07. The van der Waals surface area contributed by atoms with Gasteiger partial charge in [-0.05, 0) is 42.0 Å². The summed E-state index contributed by atoms with van der Waals surface area (Å²) >= 11 is 6.08. The molecule has 0 aliphatic carbocycles. The number of halogens is 1. The van der Waals surface area contributed by atoms with E-state index in [4.69, 9.17) is 11.6 Å². The van der Waals surface area contributed by atoms with Gasteiger partial charge in [-0.25, -0.2) is 13.1 Å². The van der Waals surface area contributed by atoms with E-state index in [9.17, 15) is 13.5 Å². The van der Waals surface area contributed by atoms with Crippen molar-refractivity contribution >= 4 is 43.9 Å². The van der Waals surface area contributed by atoms with Crippen molar-refractivity contribution in [3.05, 3.63) is 77.6 Å². The van der Waals surface area contributed by atoms with Gasteiger partial charge in [-0.1, -0.05) is 29.8 Å². The van der Waals surface area contributed by atoms with Gasteiger partial charge in [0.25, 0.3) is 0 Å². The highest BCUT2D eigenvalue weighted by Gasteiger charge is 2.18. The van der Waals surface area contributed by atoms with Crippen LogP contribution in [0.1, 0.15) is 5.56 Å². The van der Waals surface area contributed by atoms with Gasteiger partial charge in [0.2, 0.25) is 15.9 Å². The molecule has 2 aromatic carbocycles. The predicted octanol–water partition coefficient (Wildman–Crippen LogP) is 4.82. The molecule has 3 N–H and O–H groups in total. The molecule has 0 amide bonds. The molecule has 0 unspecified atom stereocenters. The molecular weight excluding hydrogens is 426 g/mol. The first-order chi connectivity index (χ1) is 14.4. The van der Waals surface area contributed by atoms with E-state index in [1.54, 1.807) is 54.9 Å². The fourth-order valence-corrected chi connectivity index (χ4v) is 4.03. The van der Waals surface area contributed by atoms with E-state index in [1.807, 2.05) is 0 Å². The van der Waals surface area contributed by atoms with E-state index in [1.165, 1.54) is 12.1 Å². The van der Waals surface area contributed by atoms with E-state index in [0.717, 1.165) is 5.56 Å². The number of fused-ring (bicyclic) bond motifs is 1.